The Kier molecular flexibility index (Phi) is 6.92. The number of hydrogen-bond donors (Lipinski definition) is 2. The number of para-hydroxylation sites is 1. The molecule has 1 aromatic heterocycles. The Morgan fingerprint density at radius 2 is 1.42 bits per heavy atom. The Hall–Kier alpha value is -4.66. The highest BCUT2D eigenvalue weighted by molar-refractivity contribution is 5.93. The monoisotopic (exact) mass is 443 g/mol. The van der Waals surface area contributed by atoms with Crippen molar-refractivity contribution in [2.45, 2.75) is 6.61 Å². The third kappa shape index (κ3) is 6.17. The third-order valence-corrected chi connectivity index (χ3v) is 4.47. The van der Waals surface area contributed by atoms with Gasteiger partial charge in [0.1, 0.15) is 18.1 Å². The Balaban J connectivity index is 1.19. The minimum absolute atomic E-state index is 0.0613. The highest BCUT2D eigenvalue weighted by atomic mass is 16.5. The number of amides is 2. The van der Waals surface area contributed by atoms with Crippen LogP contribution in [0.4, 0.5) is 0 Å². The third-order valence-electron chi connectivity index (χ3n) is 4.47. The lowest BCUT2D eigenvalue weighted by Crippen LogP contribution is -2.44. The first-order valence-electron chi connectivity index (χ1n) is 10.1. The highest BCUT2D eigenvalue weighted by Gasteiger charge is 2.12. The summed E-state index contributed by atoms with van der Waals surface area (Å²) in [6, 6.07) is 25.9. The number of aromatic nitrogens is 3. The van der Waals surface area contributed by atoms with Crippen LogP contribution in [-0.2, 0) is 11.4 Å². The predicted octanol–water partition coefficient (Wildman–Crippen LogP) is 2.69. The molecule has 2 amide bonds. The van der Waals surface area contributed by atoms with Gasteiger partial charge in [-0.05, 0) is 42.0 Å². The van der Waals surface area contributed by atoms with Gasteiger partial charge in [-0.15, -0.1) is 5.10 Å². The highest BCUT2D eigenvalue weighted by Crippen LogP contribution is 2.18. The summed E-state index contributed by atoms with van der Waals surface area (Å²) in [6.45, 7) is 0.184. The largest absolute Gasteiger partial charge is 0.489 e. The van der Waals surface area contributed by atoms with E-state index >= 15 is 0 Å². The fourth-order valence-electron chi connectivity index (χ4n) is 2.80. The lowest BCUT2D eigenvalue weighted by molar-refractivity contribution is -0.123. The maximum atomic E-state index is 12.2. The molecule has 166 valence electrons. The first-order valence-corrected chi connectivity index (χ1v) is 10.1. The molecule has 9 heteroatoms. The first-order chi connectivity index (χ1) is 16.2. The number of carbonyl (C=O) groups excluding carboxylic acids is 2. The molecule has 2 N–H and O–H groups in total. The molecule has 3 aromatic carbocycles. The molecule has 4 rings (SSSR count). The molecular weight excluding hydrogens is 422 g/mol. The molecule has 0 atom stereocenters. The van der Waals surface area contributed by atoms with Gasteiger partial charge in [-0.25, -0.2) is 0 Å². The normalized spacial score (nSPS) is 10.3. The van der Waals surface area contributed by atoms with Crippen molar-refractivity contribution in [1.82, 2.24) is 25.8 Å². The van der Waals surface area contributed by atoms with Gasteiger partial charge in [0.2, 0.25) is 0 Å². The zero-order chi connectivity index (χ0) is 22.9. The quantitative estimate of drug-likeness (QED) is 0.406. The number of nitrogens with one attached hydrogen (secondary N) is 2. The van der Waals surface area contributed by atoms with Crippen LogP contribution in [-0.4, -0.2) is 33.4 Å². The van der Waals surface area contributed by atoms with E-state index in [1.54, 1.807) is 24.3 Å². The van der Waals surface area contributed by atoms with Crippen molar-refractivity contribution in [3.8, 4) is 17.2 Å². The fraction of sp³-hybridized carbons (Fsp3) is 0.0833. The Morgan fingerprint density at radius 1 is 0.788 bits per heavy atom. The molecule has 0 radical (unpaired) electrons. The summed E-state index contributed by atoms with van der Waals surface area (Å²) < 4.78 is 11.1. The zero-order valence-corrected chi connectivity index (χ0v) is 17.5. The summed E-state index contributed by atoms with van der Waals surface area (Å²) in [5.41, 5.74) is 6.42. The van der Waals surface area contributed by atoms with Gasteiger partial charge in [-0.3, -0.25) is 20.4 Å². The lowest BCUT2D eigenvalue weighted by Gasteiger charge is -2.09. The van der Waals surface area contributed by atoms with E-state index in [0.717, 1.165) is 5.56 Å². The minimum atomic E-state index is -0.592. The van der Waals surface area contributed by atoms with Crippen molar-refractivity contribution in [2.24, 2.45) is 0 Å². The van der Waals surface area contributed by atoms with E-state index in [1.807, 2.05) is 60.7 Å². The Bertz CT molecular complexity index is 1190. The Morgan fingerprint density at radius 3 is 2.12 bits per heavy atom. The van der Waals surface area contributed by atoms with Gasteiger partial charge >= 0.3 is 0 Å². The van der Waals surface area contributed by atoms with Gasteiger partial charge in [0.05, 0.1) is 11.9 Å². The van der Waals surface area contributed by atoms with E-state index in [4.69, 9.17) is 9.47 Å². The van der Waals surface area contributed by atoms with E-state index in [1.165, 1.54) is 11.0 Å². The SMILES string of the molecule is O=C(COc1ccc(OCc2ccccc2)cc1)NNC(=O)c1cnn(-c2ccccc2)n1. The summed E-state index contributed by atoms with van der Waals surface area (Å²) in [6.07, 6.45) is 1.31. The summed E-state index contributed by atoms with van der Waals surface area (Å²) in [5, 5.41) is 8.14. The molecule has 0 saturated carbocycles. The van der Waals surface area contributed by atoms with Gasteiger partial charge in [-0.1, -0.05) is 48.5 Å². The second-order valence-corrected chi connectivity index (χ2v) is 6.89. The maximum Gasteiger partial charge on any atom is 0.291 e. The van der Waals surface area contributed by atoms with Crippen LogP contribution < -0.4 is 20.3 Å². The van der Waals surface area contributed by atoms with Crippen molar-refractivity contribution in [2.75, 3.05) is 6.61 Å². The number of carbonyl (C=O) groups is 2. The Labute approximate surface area is 189 Å². The predicted molar refractivity (Wildman–Crippen MR) is 120 cm³/mol. The lowest BCUT2D eigenvalue weighted by atomic mass is 10.2. The molecule has 0 saturated heterocycles. The van der Waals surface area contributed by atoms with Crippen molar-refractivity contribution in [3.05, 3.63) is 102 Å². The van der Waals surface area contributed by atoms with E-state index < -0.39 is 11.8 Å². The standard InChI is InChI=1S/C24H21N5O4/c30-23(26-27-24(31)22-15-25-29(28-22)19-9-5-2-6-10-19)17-33-21-13-11-20(12-14-21)32-16-18-7-3-1-4-8-18/h1-15H,16-17H2,(H,26,30)(H,27,31). The molecule has 9 nitrogen and oxygen atoms in total. The molecule has 0 bridgehead atoms. The topological polar surface area (TPSA) is 107 Å². The number of ether oxygens (including phenoxy) is 2. The van der Waals surface area contributed by atoms with Gasteiger partial charge in [0, 0.05) is 0 Å². The van der Waals surface area contributed by atoms with Gasteiger partial charge in [-0.2, -0.15) is 9.90 Å². The summed E-state index contributed by atoms with van der Waals surface area (Å²) in [7, 11) is 0. The molecular formula is C24H21N5O4. The molecule has 0 aliphatic heterocycles. The van der Waals surface area contributed by atoms with Crippen LogP contribution in [0.2, 0.25) is 0 Å². The van der Waals surface area contributed by atoms with Gasteiger partial charge in [0.25, 0.3) is 11.8 Å². The number of benzene rings is 3. The van der Waals surface area contributed by atoms with E-state index in [-0.39, 0.29) is 12.3 Å². The van der Waals surface area contributed by atoms with Crippen molar-refractivity contribution in [1.29, 1.82) is 0 Å². The molecule has 1 heterocycles. The van der Waals surface area contributed by atoms with E-state index in [0.29, 0.717) is 23.8 Å². The number of rotatable bonds is 8. The molecule has 33 heavy (non-hydrogen) atoms. The van der Waals surface area contributed by atoms with Crippen LogP contribution in [0.1, 0.15) is 16.1 Å². The van der Waals surface area contributed by atoms with Gasteiger partial charge in [0.15, 0.2) is 12.3 Å². The molecule has 0 spiro atoms. The van der Waals surface area contributed by atoms with Gasteiger partial charge < -0.3 is 9.47 Å². The first kappa shape index (κ1) is 21.6. The molecule has 0 aliphatic rings. The van der Waals surface area contributed by atoms with Crippen molar-refractivity contribution in [3.63, 3.8) is 0 Å². The van der Waals surface area contributed by atoms with Crippen LogP contribution in [0.3, 0.4) is 0 Å². The van der Waals surface area contributed by atoms with Crippen LogP contribution in [0.25, 0.3) is 5.69 Å². The molecule has 0 fully saturated rings. The second kappa shape index (κ2) is 10.6. The van der Waals surface area contributed by atoms with E-state index in [9.17, 15) is 9.59 Å². The fourth-order valence-corrected chi connectivity index (χ4v) is 2.80. The molecule has 0 unspecified atom stereocenters. The number of nitrogens with zero attached hydrogens (tertiary/aromatic N) is 3. The minimum Gasteiger partial charge on any atom is -0.489 e. The smallest absolute Gasteiger partial charge is 0.291 e. The average Bonchev–Trinajstić information content (AvgIpc) is 3.37. The van der Waals surface area contributed by atoms with E-state index in [2.05, 4.69) is 21.0 Å². The average molecular weight is 443 g/mol. The second-order valence-electron chi connectivity index (χ2n) is 6.89. The van der Waals surface area contributed by atoms with Crippen LogP contribution in [0.5, 0.6) is 11.5 Å². The zero-order valence-electron chi connectivity index (χ0n) is 17.5. The molecule has 4 aromatic rings. The van der Waals surface area contributed by atoms with Crippen LogP contribution >= 0.6 is 0 Å². The summed E-state index contributed by atoms with van der Waals surface area (Å²) in [4.78, 5) is 25.5. The van der Waals surface area contributed by atoms with Crippen molar-refractivity contribution >= 4 is 11.8 Å². The molecule has 0 aliphatic carbocycles. The summed E-state index contributed by atoms with van der Waals surface area (Å²) in [5.74, 6) is 0.0643. The van der Waals surface area contributed by atoms with Crippen LogP contribution in [0, 0.1) is 0 Å². The summed E-state index contributed by atoms with van der Waals surface area (Å²) >= 11 is 0. The maximum absolute atomic E-state index is 12.2. The van der Waals surface area contributed by atoms with Crippen molar-refractivity contribution < 1.29 is 19.1 Å². The number of hydrazine groups is 1. The number of hydrogen-bond acceptors (Lipinski definition) is 6. The van der Waals surface area contributed by atoms with Crippen LogP contribution in [0.15, 0.2) is 91.1 Å².